The average Bonchev–Trinajstić information content (AvgIpc) is 3.23. The monoisotopic (exact) mass is 421 g/mol. The zero-order valence-electron chi connectivity index (χ0n) is 16.8. The molecule has 0 unspecified atom stereocenters. The molecule has 0 bridgehead atoms. The van der Waals surface area contributed by atoms with Crippen molar-refractivity contribution in [3.63, 3.8) is 0 Å². The van der Waals surface area contributed by atoms with Crippen LogP contribution in [-0.4, -0.2) is 64.0 Å². The third kappa shape index (κ3) is 4.71. The lowest BCUT2D eigenvalue weighted by atomic mass is 10.2. The number of carbonyl (C=O) groups is 1. The van der Waals surface area contributed by atoms with Crippen molar-refractivity contribution < 1.29 is 9.53 Å². The van der Waals surface area contributed by atoms with Crippen molar-refractivity contribution >= 4 is 39.6 Å². The Kier molecular flexibility index (Phi) is 6.69. The van der Waals surface area contributed by atoms with Gasteiger partial charge in [-0.3, -0.25) is 9.58 Å². The minimum Gasteiger partial charge on any atom is -0.465 e. The topological polar surface area (TPSA) is 62.6 Å². The Balaban J connectivity index is 1.55. The van der Waals surface area contributed by atoms with Gasteiger partial charge in [0.15, 0.2) is 5.11 Å². The highest BCUT2D eigenvalue weighted by molar-refractivity contribution is 7.80. The summed E-state index contributed by atoms with van der Waals surface area (Å²) in [6, 6.07) is 1.83. The molecule has 1 fully saturated rings. The highest BCUT2D eigenvalue weighted by atomic mass is 32.1. The van der Waals surface area contributed by atoms with Crippen LogP contribution in [0.1, 0.15) is 33.4 Å². The largest absolute Gasteiger partial charge is 0.465 e. The van der Waals surface area contributed by atoms with Crippen LogP contribution in [0.2, 0.25) is 0 Å². The van der Waals surface area contributed by atoms with Gasteiger partial charge in [0.05, 0.1) is 18.4 Å². The summed E-state index contributed by atoms with van der Waals surface area (Å²) in [5.41, 5.74) is 2.92. The number of piperazine rings is 1. The summed E-state index contributed by atoms with van der Waals surface area (Å²) < 4.78 is 6.85. The van der Waals surface area contributed by atoms with Crippen LogP contribution in [0.3, 0.4) is 0 Å². The Morgan fingerprint density at radius 3 is 2.64 bits per heavy atom. The van der Waals surface area contributed by atoms with E-state index in [0.29, 0.717) is 10.7 Å². The van der Waals surface area contributed by atoms with Crippen molar-refractivity contribution in [2.75, 3.05) is 38.6 Å². The standard InChI is InChI=1S/C19H27N5O2S2/c1-5-24-12-15(14(3)21-24)11-22-6-8-23(9-7-22)19(27)20-17-16(18(25)26-4)10-13(2)28-17/h10,12H,5-9,11H2,1-4H3,(H,20,27). The maximum absolute atomic E-state index is 11.9. The number of anilines is 1. The Hall–Kier alpha value is -1.97. The number of thiocarbonyl (C=S) groups is 1. The lowest BCUT2D eigenvalue weighted by Crippen LogP contribution is -2.49. The fraction of sp³-hybridized carbons (Fsp3) is 0.526. The molecular weight excluding hydrogens is 394 g/mol. The molecule has 1 saturated heterocycles. The molecule has 28 heavy (non-hydrogen) atoms. The molecule has 0 amide bonds. The van der Waals surface area contributed by atoms with Gasteiger partial charge in [-0.05, 0) is 39.1 Å². The van der Waals surface area contributed by atoms with Gasteiger partial charge in [0, 0.05) is 55.9 Å². The number of thiophene rings is 1. The fourth-order valence-electron chi connectivity index (χ4n) is 3.27. The van der Waals surface area contributed by atoms with Crippen molar-refractivity contribution in [3.8, 4) is 0 Å². The minimum absolute atomic E-state index is 0.345. The maximum atomic E-state index is 11.9. The van der Waals surface area contributed by atoms with Gasteiger partial charge in [0.25, 0.3) is 0 Å². The lowest BCUT2D eigenvalue weighted by Gasteiger charge is -2.36. The smallest absolute Gasteiger partial charge is 0.340 e. The van der Waals surface area contributed by atoms with Gasteiger partial charge in [-0.2, -0.15) is 5.10 Å². The summed E-state index contributed by atoms with van der Waals surface area (Å²) in [6.07, 6.45) is 2.14. The number of ether oxygens (including phenoxy) is 1. The lowest BCUT2D eigenvalue weighted by molar-refractivity contribution is 0.0602. The van der Waals surface area contributed by atoms with Crippen LogP contribution in [0.15, 0.2) is 12.3 Å². The van der Waals surface area contributed by atoms with Crippen molar-refractivity contribution in [2.45, 2.75) is 33.9 Å². The van der Waals surface area contributed by atoms with Gasteiger partial charge in [-0.15, -0.1) is 11.3 Å². The van der Waals surface area contributed by atoms with E-state index in [-0.39, 0.29) is 5.97 Å². The molecule has 152 valence electrons. The number of methoxy groups -OCH3 is 1. The highest BCUT2D eigenvalue weighted by Gasteiger charge is 2.22. The van der Waals surface area contributed by atoms with Crippen LogP contribution in [0.4, 0.5) is 5.00 Å². The Morgan fingerprint density at radius 1 is 1.32 bits per heavy atom. The van der Waals surface area contributed by atoms with E-state index in [1.165, 1.54) is 24.0 Å². The Bertz CT molecular complexity index is 853. The van der Waals surface area contributed by atoms with E-state index in [0.717, 1.165) is 54.8 Å². The second-order valence-corrected chi connectivity index (χ2v) is 8.52. The molecule has 0 saturated carbocycles. The zero-order chi connectivity index (χ0) is 20.3. The molecule has 0 atom stereocenters. The van der Waals surface area contributed by atoms with Crippen molar-refractivity contribution in [1.82, 2.24) is 19.6 Å². The third-order valence-electron chi connectivity index (χ3n) is 4.91. The van der Waals surface area contributed by atoms with Crippen LogP contribution in [0, 0.1) is 13.8 Å². The van der Waals surface area contributed by atoms with Crippen LogP contribution >= 0.6 is 23.6 Å². The number of hydrogen-bond acceptors (Lipinski definition) is 6. The first-order chi connectivity index (χ1) is 13.4. The van der Waals surface area contributed by atoms with Gasteiger partial charge in [0.2, 0.25) is 0 Å². The van der Waals surface area contributed by atoms with E-state index in [4.69, 9.17) is 17.0 Å². The molecule has 2 aromatic heterocycles. The number of hydrogen-bond donors (Lipinski definition) is 1. The Labute approximate surface area is 175 Å². The van der Waals surface area contributed by atoms with Gasteiger partial charge < -0.3 is 15.0 Å². The molecule has 2 aromatic rings. The number of aromatic nitrogens is 2. The first-order valence-corrected chi connectivity index (χ1v) is 10.6. The fourth-order valence-corrected chi connectivity index (χ4v) is 4.52. The van der Waals surface area contributed by atoms with Gasteiger partial charge >= 0.3 is 5.97 Å². The van der Waals surface area contributed by atoms with E-state index in [2.05, 4.69) is 40.3 Å². The number of nitrogens with one attached hydrogen (secondary N) is 1. The number of esters is 1. The summed E-state index contributed by atoms with van der Waals surface area (Å²) in [5, 5.41) is 9.18. The second kappa shape index (κ2) is 9.02. The molecule has 0 spiro atoms. The predicted molar refractivity (Wildman–Crippen MR) is 116 cm³/mol. The molecule has 3 rings (SSSR count). The highest BCUT2D eigenvalue weighted by Crippen LogP contribution is 2.28. The molecule has 0 aliphatic carbocycles. The van der Waals surface area contributed by atoms with E-state index in [1.807, 2.05) is 17.7 Å². The van der Waals surface area contributed by atoms with Crippen LogP contribution < -0.4 is 5.32 Å². The molecule has 9 heteroatoms. The Morgan fingerprint density at radius 2 is 2.04 bits per heavy atom. The maximum Gasteiger partial charge on any atom is 0.340 e. The quantitative estimate of drug-likeness (QED) is 0.588. The molecule has 7 nitrogen and oxygen atoms in total. The van der Waals surface area contributed by atoms with Crippen molar-refractivity contribution in [1.29, 1.82) is 0 Å². The van der Waals surface area contributed by atoms with Gasteiger partial charge in [0.1, 0.15) is 5.00 Å². The van der Waals surface area contributed by atoms with E-state index in [9.17, 15) is 4.79 Å². The van der Waals surface area contributed by atoms with Gasteiger partial charge in [-0.1, -0.05) is 0 Å². The number of aryl methyl sites for hydroxylation is 3. The van der Waals surface area contributed by atoms with E-state index in [1.54, 1.807) is 0 Å². The molecule has 3 heterocycles. The molecule has 0 aromatic carbocycles. The van der Waals surface area contributed by atoms with Crippen LogP contribution in [0.25, 0.3) is 0 Å². The van der Waals surface area contributed by atoms with E-state index < -0.39 is 0 Å². The SMILES string of the molecule is CCn1cc(CN2CCN(C(=S)Nc3sc(C)cc3C(=O)OC)CC2)c(C)n1. The number of carbonyl (C=O) groups excluding carboxylic acids is 1. The molecule has 1 aliphatic heterocycles. The first-order valence-electron chi connectivity index (χ1n) is 9.41. The van der Waals surface area contributed by atoms with Crippen molar-refractivity contribution in [2.24, 2.45) is 0 Å². The summed E-state index contributed by atoms with van der Waals surface area (Å²) in [5.74, 6) is -0.345. The molecule has 1 aliphatic rings. The third-order valence-corrected chi connectivity index (χ3v) is 6.23. The molecule has 0 radical (unpaired) electrons. The normalized spacial score (nSPS) is 14.9. The van der Waals surface area contributed by atoms with E-state index >= 15 is 0 Å². The van der Waals surface area contributed by atoms with Crippen molar-refractivity contribution in [3.05, 3.63) is 34.0 Å². The van der Waals surface area contributed by atoms with Crippen LogP contribution in [0.5, 0.6) is 0 Å². The zero-order valence-corrected chi connectivity index (χ0v) is 18.5. The average molecular weight is 422 g/mol. The predicted octanol–water partition coefficient (Wildman–Crippen LogP) is 2.88. The summed E-state index contributed by atoms with van der Waals surface area (Å²) >= 11 is 7.11. The summed E-state index contributed by atoms with van der Waals surface area (Å²) in [7, 11) is 1.39. The number of rotatable bonds is 5. The van der Waals surface area contributed by atoms with Crippen LogP contribution in [-0.2, 0) is 17.8 Å². The minimum atomic E-state index is -0.345. The first kappa shape index (κ1) is 20.8. The molecule has 1 N–H and O–H groups in total. The number of nitrogens with zero attached hydrogens (tertiary/aromatic N) is 4. The summed E-state index contributed by atoms with van der Waals surface area (Å²) in [4.78, 5) is 17.6. The summed E-state index contributed by atoms with van der Waals surface area (Å²) in [6.45, 7) is 11.5. The molecular formula is C19H27N5O2S2. The van der Waals surface area contributed by atoms with Gasteiger partial charge in [-0.25, -0.2) is 4.79 Å². The second-order valence-electron chi connectivity index (χ2n) is 6.88.